The summed E-state index contributed by atoms with van der Waals surface area (Å²) in [5, 5.41) is 5.85. The first-order chi connectivity index (χ1) is 11.3. The number of rotatable bonds is 8. The molecule has 24 heavy (non-hydrogen) atoms. The molecule has 0 aromatic heterocycles. The van der Waals surface area contributed by atoms with Crippen LogP contribution in [0.3, 0.4) is 0 Å². The predicted molar refractivity (Wildman–Crippen MR) is 100 cm³/mol. The molecule has 1 unspecified atom stereocenters. The van der Waals surface area contributed by atoms with Crippen molar-refractivity contribution in [3.05, 3.63) is 0 Å². The molecule has 1 fully saturated rings. The summed E-state index contributed by atoms with van der Waals surface area (Å²) in [6.45, 7) is 5.45. The molecule has 1 atom stereocenters. The summed E-state index contributed by atoms with van der Waals surface area (Å²) in [6, 6.07) is -0.284. The molecule has 0 heterocycles. The maximum absolute atomic E-state index is 12.6. The lowest BCUT2D eigenvalue weighted by atomic mass is 9.95. The molecule has 2 amide bonds. The highest BCUT2D eigenvalue weighted by Crippen LogP contribution is 2.18. The van der Waals surface area contributed by atoms with Crippen molar-refractivity contribution in [2.24, 2.45) is 0 Å². The van der Waals surface area contributed by atoms with Gasteiger partial charge in [-0.1, -0.05) is 32.1 Å². The summed E-state index contributed by atoms with van der Waals surface area (Å²) < 4.78 is 5.29. The van der Waals surface area contributed by atoms with Gasteiger partial charge in [0.15, 0.2) is 0 Å². The van der Waals surface area contributed by atoms with Crippen molar-refractivity contribution in [2.45, 2.75) is 96.2 Å². The van der Waals surface area contributed by atoms with Gasteiger partial charge in [-0.2, -0.15) is 12.6 Å². The van der Waals surface area contributed by atoms with Gasteiger partial charge in [0.05, 0.1) is 0 Å². The maximum Gasteiger partial charge on any atom is 0.408 e. The molecule has 0 bridgehead atoms. The van der Waals surface area contributed by atoms with Crippen molar-refractivity contribution in [2.75, 3.05) is 5.75 Å². The number of thiol groups is 1. The van der Waals surface area contributed by atoms with E-state index in [0.717, 1.165) is 50.7 Å². The molecule has 2 N–H and O–H groups in total. The van der Waals surface area contributed by atoms with E-state index >= 15 is 0 Å². The van der Waals surface area contributed by atoms with Gasteiger partial charge in [-0.15, -0.1) is 0 Å². The van der Waals surface area contributed by atoms with Crippen LogP contribution in [0.15, 0.2) is 0 Å². The molecule has 0 aromatic rings. The van der Waals surface area contributed by atoms with Gasteiger partial charge in [-0.05, 0) is 52.2 Å². The molecule has 5 nitrogen and oxygen atoms in total. The minimum absolute atomic E-state index is 0.0846. The van der Waals surface area contributed by atoms with Gasteiger partial charge in [-0.25, -0.2) is 4.79 Å². The Labute approximate surface area is 152 Å². The van der Waals surface area contributed by atoms with Crippen molar-refractivity contribution in [3.8, 4) is 0 Å². The normalized spacial score (nSPS) is 17.2. The van der Waals surface area contributed by atoms with E-state index in [1.165, 1.54) is 6.42 Å². The molecule has 0 aromatic carbocycles. The van der Waals surface area contributed by atoms with E-state index in [4.69, 9.17) is 4.74 Å². The number of amides is 2. The summed E-state index contributed by atoms with van der Waals surface area (Å²) >= 11 is 4.21. The second-order valence-electron chi connectivity index (χ2n) is 7.62. The number of carbonyl (C=O) groups excluding carboxylic acids is 2. The molecule has 140 valence electrons. The third kappa shape index (κ3) is 9.40. The van der Waals surface area contributed by atoms with E-state index in [9.17, 15) is 9.59 Å². The second-order valence-corrected chi connectivity index (χ2v) is 8.06. The summed E-state index contributed by atoms with van der Waals surface area (Å²) in [5.74, 6) is 0.761. The van der Waals surface area contributed by atoms with Crippen LogP contribution in [0.25, 0.3) is 0 Å². The molecule has 6 heteroatoms. The van der Waals surface area contributed by atoms with Crippen molar-refractivity contribution in [1.29, 1.82) is 0 Å². The Kier molecular flexibility index (Phi) is 9.56. The largest absolute Gasteiger partial charge is 0.444 e. The minimum Gasteiger partial charge on any atom is -0.444 e. The van der Waals surface area contributed by atoms with Gasteiger partial charge in [0, 0.05) is 6.04 Å². The monoisotopic (exact) mass is 358 g/mol. The smallest absolute Gasteiger partial charge is 0.408 e. The Balaban J connectivity index is 2.54. The molecule has 0 radical (unpaired) electrons. The highest BCUT2D eigenvalue weighted by molar-refractivity contribution is 7.80. The number of unbranched alkanes of at least 4 members (excludes halogenated alkanes) is 2. The summed E-state index contributed by atoms with van der Waals surface area (Å²) in [6.07, 6.45) is 8.66. The van der Waals surface area contributed by atoms with Crippen LogP contribution in [0.5, 0.6) is 0 Å². The number of nitrogens with one attached hydrogen (secondary N) is 2. The third-order valence-electron chi connectivity index (χ3n) is 4.11. The summed E-state index contributed by atoms with van der Waals surface area (Å²) in [4.78, 5) is 24.6. The lowest BCUT2D eigenvalue weighted by Crippen LogP contribution is -2.50. The number of hydrogen-bond donors (Lipinski definition) is 3. The zero-order valence-corrected chi connectivity index (χ0v) is 16.3. The molecule has 0 aliphatic heterocycles. The van der Waals surface area contributed by atoms with Crippen LogP contribution in [0, 0.1) is 0 Å². The lowest BCUT2D eigenvalue weighted by Gasteiger charge is -2.27. The van der Waals surface area contributed by atoms with Crippen LogP contribution < -0.4 is 10.6 Å². The van der Waals surface area contributed by atoms with E-state index in [1.54, 1.807) is 0 Å². The van der Waals surface area contributed by atoms with Crippen LogP contribution in [-0.4, -0.2) is 35.4 Å². The number of ether oxygens (including phenoxy) is 1. The van der Waals surface area contributed by atoms with Crippen molar-refractivity contribution < 1.29 is 14.3 Å². The Morgan fingerprint density at radius 2 is 1.79 bits per heavy atom. The number of hydrogen-bond acceptors (Lipinski definition) is 4. The highest BCUT2D eigenvalue weighted by Gasteiger charge is 2.26. The van der Waals surface area contributed by atoms with Crippen LogP contribution in [0.1, 0.15) is 78.6 Å². The summed E-state index contributed by atoms with van der Waals surface area (Å²) in [5.41, 5.74) is -0.569. The van der Waals surface area contributed by atoms with Gasteiger partial charge in [0.1, 0.15) is 11.6 Å². The lowest BCUT2D eigenvalue weighted by molar-refractivity contribution is -0.124. The third-order valence-corrected chi connectivity index (χ3v) is 4.43. The highest BCUT2D eigenvalue weighted by atomic mass is 32.1. The fourth-order valence-corrected chi connectivity index (χ4v) is 3.13. The fraction of sp³-hybridized carbons (Fsp3) is 0.889. The zero-order valence-electron chi connectivity index (χ0n) is 15.4. The first kappa shape index (κ1) is 21.1. The average molecular weight is 359 g/mol. The topological polar surface area (TPSA) is 67.4 Å². The van der Waals surface area contributed by atoms with Gasteiger partial charge < -0.3 is 15.4 Å². The zero-order chi connectivity index (χ0) is 18.0. The van der Waals surface area contributed by atoms with E-state index in [0.29, 0.717) is 6.42 Å². The summed E-state index contributed by atoms with van der Waals surface area (Å²) in [7, 11) is 0. The molecule has 0 saturated heterocycles. The van der Waals surface area contributed by atoms with E-state index in [1.807, 2.05) is 20.8 Å². The first-order valence-electron chi connectivity index (χ1n) is 9.22. The molecule has 0 spiro atoms. The second kappa shape index (κ2) is 10.9. The SMILES string of the molecule is CC(C)(C)OC(=O)NC(CCCCCS)C(=O)NC1CCCCC1. The molecule has 1 aliphatic carbocycles. The van der Waals surface area contributed by atoms with Gasteiger partial charge in [-0.3, -0.25) is 4.79 Å². The van der Waals surface area contributed by atoms with Gasteiger partial charge in [0.25, 0.3) is 0 Å². The number of alkyl carbamates (subject to hydrolysis) is 1. The average Bonchev–Trinajstić information content (AvgIpc) is 2.49. The first-order valence-corrected chi connectivity index (χ1v) is 9.86. The van der Waals surface area contributed by atoms with Crippen LogP contribution in [0.2, 0.25) is 0 Å². The van der Waals surface area contributed by atoms with E-state index < -0.39 is 17.7 Å². The van der Waals surface area contributed by atoms with Gasteiger partial charge >= 0.3 is 6.09 Å². The Morgan fingerprint density at radius 1 is 1.12 bits per heavy atom. The predicted octanol–water partition coefficient (Wildman–Crippen LogP) is 3.82. The van der Waals surface area contributed by atoms with Crippen LogP contribution in [-0.2, 0) is 9.53 Å². The standard InChI is InChI=1S/C18H34N2O3S/c1-18(2,3)23-17(22)20-15(12-8-5-9-13-24)16(21)19-14-10-6-4-7-11-14/h14-15,24H,4-13H2,1-3H3,(H,19,21)(H,20,22). The quantitative estimate of drug-likeness (QED) is 0.456. The fourth-order valence-electron chi connectivity index (χ4n) is 2.90. The molecular formula is C18H34N2O3S. The molecule has 1 rings (SSSR count). The van der Waals surface area contributed by atoms with Crippen LogP contribution in [0.4, 0.5) is 4.79 Å². The van der Waals surface area contributed by atoms with Crippen molar-refractivity contribution in [1.82, 2.24) is 10.6 Å². The van der Waals surface area contributed by atoms with Gasteiger partial charge in [0.2, 0.25) is 5.91 Å². The number of carbonyl (C=O) groups is 2. The van der Waals surface area contributed by atoms with Crippen molar-refractivity contribution in [3.63, 3.8) is 0 Å². The molecule has 1 aliphatic rings. The van der Waals surface area contributed by atoms with Crippen LogP contribution >= 0.6 is 12.6 Å². The Morgan fingerprint density at radius 3 is 2.38 bits per heavy atom. The maximum atomic E-state index is 12.6. The minimum atomic E-state index is -0.569. The Hall–Kier alpha value is -0.910. The van der Waals surface area contributed by atoms with E-state index in [-0.39, 0.29) is 11.9 Å². The molecular weight excluding hydrogens is 324 g/mol. The van der Waals surface area contributed by atoms with E-state index in [2.05, 4.69) is 23.3 Å². The Bertz CT molecular complexity index is 390. The van der Waals surface area contributed by atoms with Crippen molar-refractivity contribution >= 4 is 24.6 Å². The molecule has 1 saturated carbocycles.